The highest BCUT2D eigenvalue weighted by molar-refractivity contribution is 4.95. The maximum absolute atomic E-state index is 3.83. The van der Waals surface area contributed by atoms with E-state index >= 15 is 0 Å². The van der Waals surface area contributed by atoms with Crippen LogP contribution in [0.1, 0.15) is 39.5 Å². The van der Waals surface area contributed by atoms with Gasteiger partial charge in [0.2, 0.25) is 0 Å². The maximum Gasteiger partial charge on any atom is 0.0165 e. The zero-order valence-corrected chi connectivity index (χ0v) is 13.7. The lowest BCUT2D eigenvalue weighted by molar-refractivity contribution is 0.182. The van der Waals surface area contributed by atoms with Crippen LogP contribution in [0.2, 0.25) is 0 Å². The quantitative estimate of drug-likeness (QED) is 0.779. The first-order chi connectivity index (χ1) is 9.63. The van der Waals surface area contributed by atoms with Crippen molar-refractivity contribution in [3.8, 4) is 0 Å². The molecule has 0 radical (unpaired) electrons. The highest BCUT2D eigenvalue weighted by Crippen LogP contribution is 2.16. The van der Waals surface area contributed by atoms with Crippen molar-refractivity contribution in [1.82, 2.24) is 15.1 Å². The monoisotopic (exact) mass is 279 g/mol. The molecule has 2 fully saturated rings. The van der Waals surface area contributed by atoms with E-state index in [4.69, 9.17) is 0 Å². The Morgan fingerprint density at radius 3 is 2.55 bits per heavy atom. The third-order valence-electron chi connectivity index (χ3n) is 4.76. The first-order valence-electron chi connectivity index (χ1n) is 8.41. The zero-order chi connectivity index (χ0) is 14.4. The summed E-state index contributed by atoms with van der Waals surface area (Å²) < 4.78 is 0. The van der Waals surface area contributed by atoms with Crippen LogP contribution in [-0.4, -0.2) is 62.2 Å². The lowest BCUT2D eigenvalue weighted by Gasteiger charge is -2.34. The smallest absolute Gasteiger partial charge is 0.0165 e. The molecular weight excluding hydrogens is 246 g/mol. The van der Waals surface area contributed by atoms with Gasteiger partial charge in [-0.1, -0.05) is 11.6 Å². The van der Waals surface area contributed by atoms with Gasteiger partial charge < -0.3 is 10.2 Å². The molecule has 0 bridgehead atoms. The van der Waals surface area contributed by atoms with Crippen molar-refractivity contribution in [2.45, 2.75) is 45.6 Å². The van der Waals surface area contributed by atoms with E-state index in [9.17, 15) is 0 Å². The van der Waals surface area contributed by atoms with Crippen molar-refractivity contribution in [3.63, 3.8) is 0 Å². The summed E-state index contributed by atoms with van der Waals surface area (Å²) in [7, 11) is 2.26. The SMILES string of the molecule is CC(C)=CCN1CCC(NCC2CCCN(C)C2)CC1. The number of hydrogen-bond donors (Lipinski definition) is 1. The Bertz CT molecular complexity index is 301. The minimum absolute atomic E-state index is 0.755. The third kappa shape index (κ3) is 5.55. The van der Waals surface area contributed by atoms with Crippen molar-refractivity contribution in [2.24, 2.45) is 5.92 Å². The number of allylic oxidation sites excluding steroid dienone is 1. The number of piperidine rings is 2. The molecule has 3 heteroatoms. The first-order valence-corrected chi connectivity index (χ1v) is 8.41. The molecule has 20 heavy (non-hydrogen) atoms. The second-order valence-corrected chi connectivity index (χ2v) is 7.04. The van der Waals surface area contributed by atoms with Crippen molar-refractivity contribution in [2.75, 3.05) is 46.3 Å². The number of rotatable bonds is 5. The Balaban J connectivity index is 1.61. The predicted octanol–water partition coefficient (Wildman–Crippen LogP) is 2.35. The van der Waals surface area contributed by atoms with E-state index in [2.05, 4.69) is 42.1 Å². The van der Waals surface area contributed by atoms with E-state index in [-0.39, 0.29) is 0 Å². The molecule has 1 atom stereocenters. The molecule has 0 saturated carbocycles. The predicted molar refractivity (Wildman–Crippen MR) is 87.1 cm³/mol. The summed E-state index contributed by atoms with van der Waals surface area (Å²) in [5, 5.41) is 3.83. The molecule has 0 aromatic heterocycles. The number of hydrogen-bond acceptors (Lipinski definition) is 3. The first kappa shape index (κ1) is 16.0. The Labute approximate surface area is 125 Å². The topological polar surface area (TPSA) is 18.5 Å². The van der Waals surface area contributed by atoms with Gasteiger partial charge in [-0.05, 0) is 78.7 Å². The second kappa shape index (κ2) is 8.16. The molecule has 1 N–H and O–H groups in total. The van der Waals surface area contributed by atoms with Crippen LogP contribution in [0.4, 0.5) is 0 Å². The van der Waals surface area contributed by atoms with Crippen LogP contribution < -0.4 is 5.32 Å². The summed E-state index contributed by atoms with van der Waals surface area (Å²) in [5.74, 6) is 0.873. The fraction of sp³-hybridized carbons (Fsp3) is 0.882. The van der Waals surface area contributed by atoms with E-state index in [1.165, 1.54) is 64.0 Å². The van der Waals surface area contributed by atoms with E-state index in [1.807, 2.05) is 0 Å². The van der Waals surface area contributed by atoms with E-state index < -0.39 is 0 Å². The van der Waals surface area contributed by atoms with Crippen LogP contribution >= 0.6 is 0 Å². The fourth-order valence-corrected chi connectivity index (χ4v) is 3.40. The third-order valence-corrected chi connectivity index (χ3v) is 4.76. The lowest BCUT2D eigenvalue weighted by Crippen LogP contribution is -2.45. The molecule has 116 valence electrons. The van der Waals surface area contributed by atoms with Crippen molar-refractivity contribution in [3.05, 3.63) is 11.6 Å². The summed E-state index contributed by atoms with van der Waals surface area (Å²) in [5.41, 5.74) is 1.44. The Morgan fingerprint density at radius 2 is 1.90 bits per heavy atom. The number of nitrogens with one attached hydrogen (secondary N) is 1. The van der Waals surface area contributed by atoms with Gasteiger partial charge in [-0.25, -0.2) is 0 Å². The van der Waals surface area contributed by atoms with Crippen LogP contribution in [0.25, 0.3) is 0 Å². The molecule has 0 aliphatic carbocycles. The van der Waals surface area contributed by atoms with Crippen molar-refractivity contribution in [1.29, 1.82) is 0 Å². The highest BCUT2D eigenvalue weighted by Gasteiger charge is 2.21. The average Bonchev–Trinajstić information content (AvgIpc) is 2.44. The summed E-state index contributed by atoms with van der Waals surface area (Å²) in [6.45, 7) is 11.8. The van der Waals surface area contributed by atoms with Crippen LogP contribution in [0.15, 0.2) is 11.6 Å². The highest BCUT2D eigenvalue weighted by atomic mass is 15.1. The van der Waals surface area contributed by atoms with Crippen molar-refractivity contribution >= 4 is 0 Å². The van der Waals surface area contributed by atoms with Gasteiger partial charge in [-0.3, -0.25) is 4.90 Å². The molecule has 0 aromatic rings. The molecule has 0 spiro atoms. The lowest BCUT2D eigenvalue weighted by atomic mass is 9.97. The Hall–Kier alpha value is -0.380. The van der Waals surface area contributed by atoms with Crippen LogP contribution in [-0.2, 0) is 0 Å². The van der Waals surface area contributed by atoms with E-state index in [0.717, 1.165) is 18.5 Å². The van der Waals surface area contributed by atoms with Gasteiger partial charge in [0, 0.05) is 19.1 Å². The molecular formula is C17H33N3. The zero-order valence-electron chi connectivity index (χ0n) is 13.7. The van der Waals surface area contributed by atoms with Crippen LogP contribution in [0, 0.1) is 5.92 Å². The van der Waals surface area contributed by atoms with Crippen LogP contribution in [0.5, 0.6) is 0 Å². The fourth-order valence-electron chi connectivity index (χ4n) is 3.40. The largest absolute Gasteiger partial charge is 0.314 e. The number of nitrogens with zero attached hydrogens (tertiary/aromatic N) is 2. The Morgan fingerprint density at radius 1 is 1.15 bits per heavy atom. The summed E-state index contributed by atoms with van der Waals surface area (Å²) >= 11 is 0. The summed E-state index contributed by atoms with van der Waals surface area (Å²) in [6, 6.07) is 0.755. The molecule has 2 rings (SSSR count). The van der Waals surface area contributed by atoms with Crippen molar-refractivity contribution < 1.29 is 0 Å². The molecule has 0 aromatic carbocycles. The molecule has 0 amide bonds. The van der Waals surface area contributed by atoms with Gasteiger partial charge >= 0.3 is 0 Å². The summed E-state index contributed by atoms with van der Waals surface area (Å²) in [6.07, 6.45) is 7.78. The van der Waals surface area contributed by atoms with Gasteiger partial charge in [0.25, 0.3) is 0 Å². The Kier molecular flexibility index (Phi) is 6.53. The van der Waals surface area contributed by atoms with Crippen LogP contribution in [0.3, 0.4) is 0 Å². The second-order valence-electron chi connectivity index (χ2n) is 7.04. The average molecular weight is 279 g/mol. The van der Waals surface area contributed by atoms with Gasteiger partial charge in [0.05, 0.1) is 0 Å². The van der Waals surface area contributed by atoms with Gasteiger partial charge in [0.15, 0.2) is 0 Å². The minimum atomic E-state index is 0.755. The number of likely N-dealkylation sites (tertiary alicyclic amines) is 2. The standard InChI is InChI=1S/C17H33N3/c1-15(2)6-10-20-11-7-17(8-12-20)18-13-16-5-4-9-19(3)14-16/h6,16-18H,4-5,7-14H2,1-3H3. The maximum atomic E-state index is 3.83. The minimum Gasteiger partial charge on any atom is -0.314 e. The summed E-state index contributed by atoms with van der Waals surface area (Å²) in [4.78, 5) is 5.07. The molecule has 2 aliphatic heterocycles. The van der Waals surface area contributed by atoms with E-state index in [1.54, 1.807) is 0 Å². The van der Waals surface area contributed by atoms with Gasteiger partial charge in [-0.2, -0.15) is 0 Å². The normalized spacial score (nSPS) is 26.6. The molecule has 2 heterocycles. The van der Waals surface area contributed by atoms with Gasteiger partial charge in [-0.15, -0.1) is 0 Å². The molecule has 2 saturated heterocycles. The molecule has 3 nitrogen and oxygen atoms in total. The van der Waals surface area contributed by atoms with E-state index in [0.29, 0.717) is 0 Å². The molecule has 2 aliphatic rings. The van der Waals surface area contributed by atoms with Gasteiger partial charge in [0.1, 0.15) is 0 Å². The molecule has 1 unspecified atom stereocenters.